The number of carbonyl (C=O) groups excluding carboxylic acids is 2. The molecule has 1 N–H and O–H groups in total. The van der Waals surface area contributed by atoms with Crippen molar-refractivity contribution < 1.29 is 18.0 Å². The molecule has 0 bridgehead atoms. The van der Waals surface area contributed by atoms with E-state index >= 15 is 0 Å². The number of nitrogens with one attached hydrogen (secondary N) is 1. The smallest absolute Gasteiger partial charge is 0.269 e. The van der Waals surface area contributed by atoms with E-state index in [0.29, 0.717) is 18.7 Å². The van der Waals surface area contributed by atoms with Crippen LogP contribution in [0.4, 0.5) is 0 Å². The minimum Gasteiger partial charge on any atom is -0.334 e. The molecule has 0 radical (unpaired) electrons. The molecule has 1 unspecified atom stereocenters. The van der Waals surface area contributed by atoms with Crippen molar-refractivity contribution in [1.82, 2.24) is 14.5 Å². The summed E-state index contributed by atoms with van der Waals surface area (Å²) in [6.07, 6.45) is 1.86. The number of amides is 2. The average Bonchev–Trinajstić information content (AvgIpc) is 3.08. The number of rotatable bonds is 4. The molecule has 0 spiro atoms. The van der Waals surface area contributed by atoms with Gasteiger partial charge in [0, 0.05) is 30.7 Å². The first-order valence-electron chi connectivity index (χ1n) is 8.47. The third-order valence-corrected chi connectivity index (χ3v) is 6.74. The number of nitrogens with zero attached hydrogens (tertiary/aromatic N) is 2. The van der Waals surface area contributed by atoms with Gasteiger partial charge in [-0.3, -0.25) is 9.59 Å². The summed E-state index contributed by atoms with van der Waals surface area (Å²) < 4.78 is 26.2. The number of benzene rings is 1. The third kappa shape index (κ3) is 2.83. The Morgan fingerprint density at radius 3 is 2.72 bits per heavy atom. The highest BCUT2D eigenvalue weighted by Gasteiger charge is 2.43. The Morgan fingerprint density at radius 2 is 2.08 bits per heavy atom. The molecule has 2 aliphatic rings. The molecule has 2 heterocycles. The molecule has 25 heavy (non-hydrogen) atoms. The van der Waals surface area contributed by atoms with Crippen LogP contribution in [0.1, 0.15) is 47.4 Å². The Bertz CT molecular complexity index is 819. The predicted octanol–water partition coefficient (Wildman–Crippen LogP) is 1.06. The SMILES string of the molecule is CNCC1CCCN1C(=O)c1ccc2c(c1)S(=O)(=O)N(C(C)C)C2=O. The quantitative estimate of drug-likeness (QED) is 0.862. The monoisotopic (exact) mass is 365 g/mol. The van der Waals surface area contributed by atoms with Crippen molar-refractivity contribution in [2.75, 3.05) is 20.1 Å². The second kappa shape index (κ2) is 6.42. The molecule has 3 rings (SSSR count). The van der Waals surface area contributed by atoms with Crippen molar-refractivity contribution in [1.29, 1.82) is 0 Å². The van der Waals surface area contributed by atoms with E-state index in [1.54, 1.807) is 24.8 Å². The van der Waals surface area contributed by atoms with Crippen LogP contribution in [0.3, 0.4) is 0 Å². The topological polar surface area (TPSA) is 86.8 Å². The van der Waals surface area contributed by atoms with Crippen LogP contribution in [0.5, 0.6) is 0 Å². The number of fused-ring (bicyclic) bond motifs is 1. The second-order valence-electron chi connectivity index (χ2n) is 6.76. The highest BCUT2D eigenvalue weighted by molar-refractivity contribution is 7.90. The minimum atomic E-state index is -3.90. The maximum atomic E-state index is 12.8. The molecule has 7 nitrogen and oxygen atoms in total. The van der Waals surface area contributed by atoms with Crippen LogP contribution in [-0.4, -0.2) is 61.7 Å². The fraction of sp³-hybridized carbons (Fsp3) is 0.529. The summed E-state index contributed by atoms with van der Waals surface area (Å²) in [5, 5.41) is 3.08. The largest absolute Gasteiger partial charge is 0.334 e. The van der Waals surface area contributed by atoms with Gasteiger partial charge in [0.1, 0.15) is 4.90 Å². The summed E-state index contributed by atoms with van der Waals surface area (Å²) in [5.41, 5.74) is 0.446. The Morgan fingerprint density at radius 1 is 1.36 bits per heavy atom. The summed E-state index contributed by atoms with van der Waals surface area (Å²) >= 11 is 0. The summed E-state index contributed by atoms with van der Waals surface area (Å²) in [6.45, 7) is 4.67. The van der Waals surface area contributed by atoms with Crippen LogP contribution >= 0.6 is 0 Å². The first kappa shape index (κ1) is 17.9. The number of carbonyl (C=O) groups is 2. The average molecular weight is 365 g/mol. The molecule has 8 heteroatoms. The van der Waals surface area contributed by atoms with Gasteiger partial charge in [-0.15, -0.1) is 0 Å². The summed E-state index contributed by atoms with van der Waals surface area (Å²) in [5.74, 6) is -0.718. The molecule has 0 aromatic heterocycles. The molecule has 2 amide bonds. The molecule has 0 saturated carbocycles. The van der Waals surface area contributed by atoms with Crippen LogP contribution in [-0.2, 0) is 10.0 Å². The van der Waals surface area contributed by atoms with Crippen molar-refractivity contribution in [2.24, 2.45) is 0 Å². The van der Waals surface area contributed by atoms with Gasteiger partial charge in [0.25, 0.3) is 21.8 Å². The number of hydrogen-bond donors (Lipinski definition) is 1. The van der Waals surface area contributed by atoms with Gasteiger partial charge in [0.15, 0.2) is 0 Å². The van der Waals surface area contributed by atoms with E-state index in [0.717, 1.165) is 17.1 Å². The van der Waals surface area contributed by atoms with Gasteiger partial charge < -0.3 is 10.2 Å². The molecule has 1 aromatic carbocycles. The van der Waals surface area contributed by atoms with E-state index in [4.69, 9.17) is 0 Å². The molecular formula is C17H23N3O4S. The zero-order valence-electron chi connectivity index (χ0n) is 14.7. The predicted molar refractivity (Wildman–Crippen MR) is 92.9 cm³/mol. The van der Waals surface area contributed by atoms with E-state index < -0.39 is 22.0 Å². The van der Waals surface area contributed by atoms with Crippen molar-refractivity contribution >= 4 is 21.8 Å². The number of sulfonamides is 1. The van der Waals surface area contributed by atoms with Gasteiger partial charge in [-0.05, 0) is 51.9 Å². The maximum Gasteiger partial charge on any atom is 0.269 e. The van der Waals surface area contributed by atoms with Crippen molar-refractivity contribution in [3.05, 3.63) is 29.3 Å². The molecule has 1 saturated heterocycles. The Hall–Kier alpha value is -1.93. The van der Waals surface area contributed by atoms with E-state index in [9.17, 15) is 18.0 Å². The highest BCUT2D eigenvalue weighted by atomic mass is 32.2. The van der Waals surface area contributed by atoms with Crippen molar-refractivity contribution in [2.45, 2.75) is 43.7 Å². The fourth-order valence-corrected chi connectivity index (χ4v) is 5.40. The number of likely N-dealkylation sites (tertiary alicyclic amines) is 1. The maximum absolute atomic E-state index is 12.8. The summed E-state index contributed by atoms with van der Waals surface area (Å²) in [4.78, 5) is 26.9. The van der Waals surface area contributed by atoms with Crippen LogP contribution in [0.15, 0.2) is 23.1 Å². The third-order valence-electron chi connectivity index (χ3n) is 4.74. The molecule has 0 aliphatic carbocycles. The zero-order chi connectivity index (χ0) is 18.4. The van der Waals surface area contributed by atoms with Crippen LogP contribution in [0, 0.1) is 0 Å². The van der Waals surface area contributed by atoms with E-state index in [1.807, 2.05) is 7.05 Å². The number of likely N-dealkylation sites (N-methyl/N-ethyl adjacent to an activating group) is 1. The van der Waals surface area contributed by atoms with Gasteiger partial charge in [-0.2, -0.15) is 0 Å². The van der Waals surface area contributed by atoms with Crippen molar-refractivity contribution in [3.63, 3.8) is 0 Å². The molecule has 1 atom stereocenters. The molecular weight excluding hydrogens is 342 g/mol. The highest BCUT2D eigenvalue weighted by Crippen LogP contribution is 2.33. The van der Waals surface area contributed by atoms with E-state index in [-0.39, 0.29) is 22.4 Å². The molecule has 2 aliphatic heterocycles. The Balaban J connectivity index is 1.97. The van der Waals surface area contributed by atoms with Gasteiger partial charge in [0.2, 0.25) is 0 Å². The lowest BCUT2D eigenvalue weighted by Gasteiger charge is -2.24. The van der Waals surface area contributed by atoms with E-state index in [2.05, 4.69) is 5.32 Å². The van der Waals surface area contributed by atoms with Gasteiger partial charge >= 0.3 is 0 Å². The summed E-state index contributed by atoms with van der Waals surface area (Å²) in [6, 6.07) is 3.99. The van der Waals surface area contributed by atoms with Crippen LogP contribution < -0.4 is 5.32 Å². The molecule has 136 valence electrons. The van der Waals surface area contributed by atoms with Crippen molar-refractivity contribution in [3.8, 4) is 0 Å². The second-order valence-corrected chi connectivity index (χ2v) is 8.55. The first-order valence-corrected chi connectivity index (χ1v) is 9.91. The minimum absolute atomic E-state index is 0.0681. The Labute approximate surface area is 148 Å². The lowest BCUT2D eigenvalue weighted by molar-refractivity contribution is 0.0735. The number of hydrogen-bond acceptors (Lipinski definition) is 5. The summed E-state index contributed by atoms with van der Waals surface area (Å²) in [7, 11) is -2.06. The zero-order valence-corrected chi connectivity index (χ0v) is 15.5. The Kier molecular flexibility index (Phi) is 4.59. The van der Waals surface area contributed by atoms with Gasteiger partial charge in [0.05, 0.1) is 5.56 Å². The molecule has 1 aromatic rings. The van der Waals surface area contributed by atoms with Crippen LogP contribution in [0.25, 0.3) is 0 Å². The van der Waals surface area contributed by atoms with Gasteiger partial charge in [-0.25, -0.2) is 12.7 Å². The van der Waals surface area contributed by atoms with E-state index in [1.165, 1.54) is 12.1 Å². The van der Waals surface area contributed by atoms with Crippen LogP contribution in [0.2, 0.25) is 0 Å². The lowest BCUT2D eigenvalue weighted by Crippen LogP contribution is -2.40. The molecule has 1 fully saturated rings. The fourth-order valence-electron chi connectivity index (χ4n) is 3.61. The first-order chi connectivity index (χ1) is 11.8. The standard InChI is InChI=1S/C17H23N3O4S/c1-11(2)20-17(22)14-7-6-12(9-15(14)25(20,23)24)16(21)19-8-4-5-13(19)10-18-3/h6-7,9,11,13,18H,4-5,8,10H2,1-3H3. The lowest BCUT2D eigenvalue weighted by atomic mass is 10.1. The van der Waals surface area contributed by atoms with Gasteiger partial charge in [-0.1, -0.05) is 0 Å². The normalized spacial score (nSPS) is 21.9.